The van der Waals surface area contributed by atoms with Crippen molar-refractivity contribution in [1.82, 2.24) is 30.5 Å². The highest BCUT2D eigenvalue weighted by molar-refractivity contribution is 5.99. The van der Waals surface area contributed by atoms with Crippen LogP contribution in [0, 0.1) is 6.92 Å². The molecule has 36 heavy (non-hydrogen) atoms. The molecule has 0 aromatic carbocycles. The predicted octanol–water partition coefficient (Wildman–Crippen LogP) is 3.78. The summed E-state index contributed by atoms with van der Waals surface area (Å²) in [6.45, 7) is 8.80. The number of carbonyl (C=O) groups excluding carboxylic acids is 2. The van der Waals surface area contributed by atoms with Gasteiger partial charge in [-0.15, -0.1) is 0 Å². The van der Waals surface area contributed by atoms with E-state index < -0.39 is 0 Å². The Kier molecular flexibility index (Phi) is 8.43. The number of rotatable bonds is 10. The molecule has 0 bridgehead atoms. The van der Waals surface area contributed by atoms with Gasteiger partial charge >= 0.3 is 0 Å². The highest BCUT2D eigenvalue weighted by atomic mass is 16.3. The molecule has 1 unspecified atom stereocenters. The van der Waals surface area contributed by atoms with E-state index in [0.29, 0.717) is 36.0 Å². The summed E-state index contributed by atoms with van der Waals surface area (Å²) in [6.07, 6.45) is 10.8. The van der Waals surface area contributed by atoms with Gasteiger partial charge in [-0.2, -0.15) is 0 Å². The number of carbonyl (C=O) groups is 2. The lowest BCUT2D eigenvalue weighted by Crippen LogP contribution is -2.31. The van der Waals surface area contributed by atoms with Gasteiger partial charge in [-0.25, -0.2) is 4.98 Å². The maximum Gasteiger partial charge on any atom is 0.256 e. The van der Waals surface area contributed by atoms with Crippen LogP contribution >= 0.6 is 0 Å². The Labute approximate surface area is 211 Å². The van der Waals surface area contributed by atoms with Crippen molar-refractivity contribution in [3.8, 4) is 0 Å². The minimum absolute atomic E-state index is 0.171. The molecular formula is C27H34N6O3. The average Bonchev–Trinajstić information content (AvgIpc) is 3.54. The number of amides is 2. The van der Waals surface area contributed by atoms with E-state index in [2.05, 4.69) is 45.5 Å². The van der Waals surface area contributed by atoms with Crippen molar-refractivity contribution in [3.05, 3.63) is 77.0 Å². The second-order valence-electron chi connectivity index (χ2n) is 9.51. The molecule has 9 nitrogen and oxygen atoms in total. The fraction of sp³-hybridized carbons (Fsp3) is 0.444. The fourth-order valence-corrected chi connectivity index (χ4v) is 4.31. The first-order valence-corrected chi connectivity index (χ1v) is 12.5. The first-order valence-electron chi connectivity index (χ1n) is 12.5. The van der Waals surface area contributed by atoms with E-state index in [4.69, 9.17) is 4.42 Å². The average molecular weight is 491 g/mol. The third kappa shape index (κ3) is 6.34. The molecule has 2 amide bonds. The van der Waals surface area contributed by atoms with Crippen LogP contribution in [0.2, 0.25) is 0 Å². The van der Waals surface area contributed by atoms with Crippen molar-refractivity contribution in [1.29, 1.82) is 0 Å². The molecule has 1 atom stereocenters. The van der Waals surface area contributed by atoms with Crippen LogP contribution in [0.5, 0.6) is 0 Å². The maximum absolute atomic E-state index is 13.2. The van der Waals surface area contributed by atoms with Crippen molar-refractivity contribution >= 4 is 11.8 Å². The summed E-state index contributed by atoms with van der Waals surface area (Å²) < 4.78 is 5.55. The van der Waals surface area contributed by atoms with Crippen LogP contribution in [0.3, 0.4) is 0 Å². The highest BCUT2D eigenvalue weighted by Gasteiger charge is 2.34. The van der Waals surface area contributed by atoms with Gasteiger partial charge in [0, 0.05) is 44.4 Å². The summed E-state index contributed by atoms with van der Waals surface area (Å²) in [5, 5.41) is 6.30. The second kappa shape index (κ2) is 11.9. The third-order valence-electron chi connectivity index (χ3n) is 6.31. The standard InChI is InChI=1S/C27H34N6O3/c1-18(2)21-10-20(13-29-14-21)12-28-7-5-8-31-25(34)22-11-23(16-30-15-22)27(35)33-9-4-6-24(33)26-32-19(3)17-36-26/h10-11,13-18,24,28H,4-9,12H2,1-3H3,(H,31,34). The molecule has 3 aromatic heterocycles. The Hall–Kier alpha value is -3.59. The van der Waals surface area contributed by atoms with Gasteiger partial charge in [-0.05, 0) is 55.8 Å². The van der Waals surface area contributed by atoms with E-state index in [0.717, 1.165) is 43.6 Å². The molecule has 9 heteroatoms. The zero-order valence-electron chi connectivity index (χ0n) is 21.2. The summed E-state index contributed by atoms with van der Waals surface area (Å²) in [5.74, 6) is 0.589. The molecule has 190 valence electrons. The molecule has 1 aliphatic heterocycles. The molecule has 0 radical (unpaired) electrons. The zero-order chi connectivity index (χ0) is 25.5. The van der Waals surface area contributed by atoms with Crippen LogP contribution in [0.4, 0.5) is 0 Å². The lowest BCUT2D eigenvalue weighted by atomic mass is 10.0. The quantitative estimate of drug-likeness (QED) is 0.416. The molecule has 0 spiro atoms. The lowest BCUT2D eigenvalue weighted by molar-refractivity contribution is 0.0715. The molecule has 1 aliphatic rings. The van der Waals surface area contributed by atoms with Crippen LogP contribution in [0.15, 0.2) is 47.6 Å². The van der Waals surface area contributed by atoms with Crippen molar-refractivity contribution in [3.63, 3.8) is 0 Å². The Bertz CT molecular complexity index is 1190. The van der Waals surface area contributed by atoms with Gasteiger partial charge < -0.3 is 20.0 Å². The zero-order valence-corrected chi connectivity index (χ0v) is 21.2. The summed E-state index contributed by atoms with van der Waals surface area (Å²) in [5.41, 5.74) is 3.92. The predicted molar refractivity (Wildman–Crippen MR) is 135 cm³/mol. The Morgan fingerprint density at radius 3 is 2.69 bits per heavy atom. The highest BCUT2D eigenvalue weighted by Crippen LogP contribution is 2.32. The van der Waals surface area contributed by atoms with Gasteiger partial charge in [0.1, 0.15) is 12.3 Å². The largest absolute Gasteiger partial charge is 0.446 e. The lowest BCUT2D eigenvalue weighted by Gasteiger charge is -2.22. The van der Waals surface area contributed by atoms with Crippen LogP contribution in [-0.2, 0) is 6.54 Å². The van der Waals surface area contributed by atoms with Gasteiger partial charge in [-0.3, -0.25) is 19.6 Å². The monoisotopic (exact) mass is 490 g/mol. The molecule has 4 rings (SSSR count). The molecule has 3 aromatic rings. The molecule has 2 N–H and O–H groups in total. The number of hydrogen-bond donors (Lipinski definition) is 2. The van der Waals surface area contributed by atoms with Gasteiger partial charge in [-0.1, -0.05) is 19.9 Å². The summed E-state index contributed by atoms with van der Waals surface area (Å²) in [6, 6.07) is 3.58. The van der Waals surface area contributed by atoms with Crippen LogP contribution in [0.25, 0.3) is 0 Å². The van der Waals surface area contributed by atoms with Crippen molar-refractivity contribution in [2.24, 2.45) is 0 Å². The molecule has 4 heterocycles. The Balaban J connectivity index is 1.25. The van der Waals surface area contributed by atoms with Gasteiger partial charge in [0.25, 0.3) is 11.8 Å². The van der Waals surface area contributed by atoms with E-state index in [1.54, 1.807) is 17.2 Å². The first-order chi connectivity index (χ1) is 17.4. The van der Waals surface area contributed by atoms with Gasteiger partial charge in [0.15, 0.2) is 0 Å². The summed E-state index contributed by atoms with van der Waals surface area (Å²) >= 11 is 0. The van der Waals surface area contributed by atoms with Crippen molar-refractivity contribution < 1.29 is 14.0 Å². The number of likely N-dealkylation sites (tertiary alicyclic amines) is 1. The third-order valence-corrected chi connectivity index (χ3v) is 6.31. The summed E-state index contributed by atoms with van der Waals surface area (Å²) in [7, 11) is 0. The number of oxazole rings is 1. The minimum Gasteiger partial charge on any atom is -0.446 e. The number of nitrogens with one attached hydrogen (secondary N) is 2. The van der Waals surface area contributed by atoms with Crippen molar-refractivity contribution in [2.75, 3.05) is 19.6 Å². The van der Waals surface area contributed by atoms with E-state index in [9.17, 15) is 9.59 Å². The molecule has 1 saturated heterocycles. The van der Waals surface area contributed by atoms with E-state index >= 15 is 0 Å². The normalized spacial score (nSPS) is 15.4. The van der Waals surface area contributed by atoms with Crippen LogP contribution in [-0.4, -0.2) is 51.3 Å². The Morgan fingerprint density at radius 2 is 1.92 bits per heavy atom. The molecular weight excluding hydrogens is 456 g/mol. The first kappa shape index (κ1) is 25.5. The maximum atomic E-state index is 13.2. The molecule has 0 saturated carbocycles. The van der Waals surface area contributed by atoms with Crippen LogP contribution < -0.4 is 10.6 Å². The van der Waals surface area contributed by atoms with E-state index in [1.807, 2.05) is 19.3 Å². The second-order valence-corrected chi connectivity index (χ2v) is 9.51. The number of pyridine rings is 2. The number of hydrogen-bond acceptors (Lipinski definition) is 7. The molecule has 0 aliphatic carbocycles. The van der Waals surface area contributed by atoms with E-state index in [-0.39, 0.29) is 17.9 Å². The van der Waals surface area contributed by atoms with Gasteiger partial charge in [0.05, 0.1) is 16.8 Å². The smallest absolute Gasteiger partial charge is 0.256 e. The fourth-order valence-electron chi connectivity index (χ4n) is 4.31. The van der Waals surface area contributed by atoms with E-state index in [1.165, 1.54) is 18.0 Å². The van der Waals surface area contributed by atoms with Crippen molar-refractivity contribution in [2.45, 2.75) is 58.5 Å². The summed E-state index contributed by atoms with van der Waals surface area (Å²) in [4.78, 5) is 40.4. The Morgan fingerprint density at radius 1 is 1.11 bits per heavy atom. The SMILES string of the molecule is Cc1coc(C2CCCN2C(=O)c2cncc(C(=O)NCCCNCc3cncc(C(C)C)c3)c2)n1. The van der Waals surface area contributed by atoms with Crippen LogP contribution in [0.1, 0.15) is 88.5 Å². The number of aromatic nitrogens is 3. The number of aryl methyl sites for hydroxylation is 1. The minimum atomic E-state index is -0.243. The topological polar surface area (TPSA) is 113 Å². The molecule has 1 fully saturated rings. The number of nitrogens with zero attached hydrogens (tertiary/aromatic N) is 4. The van der Waals surface area contributed by atoms with Gasteiger partial charge in [0.2, 0.25) is 5.89 Å².